The third-order valence-electron chi connectivity index (χ3n) is 2.25. The fourth-order valence-electron chi connectivity index (χ4n) is 1.13. The highest BCUT2D eigenvalue weighted by Crippen LogP contribution is 2.27. The maximum absolute atomic E-state index is 10.7. The van der Waals surface area contributed by atoms with Gasteiger partial charge in [-0.15, -0.1) is 0 Å². The van der Waals surface area contributed by atoms with Gasteiger partial charge in [0.25, 0.3) is 0 Å². The molecule has 0 radical (unpaired) electrons. The van der Waals surface area contributed by atoms with Crippen molar-refractivity contribution in [3.05, 3.63) is 22.7 Å². The lowest BCUT2D eigenvalue weighted by atomic mass is 10.1. The summed E-state index contributed by atoms with van der Waals surface area (Å²) in [5.74, 6) is -0.585. The molecule has 5 nitrogen and oxygen atoms in total. The number of carboxylic acid groups (broad SMARTS) is 1. The monoisotopic (exact) mass is 303 g/mol. The van der Waals surface area contributed by atoms with Crippen molar-refractivity contribution in [1.82, 2.24) is 0 Å². The summed E-state index contributed by atoms with van der Waals surface area (Å²) in [7, 11) is 1.56. The summed E-state index contributed by atoms with van der Waals surface area (Å²) in [6.45, 7) is 1.15. The number of nitrogens with one attached hydrogen (secondary N) is 1. The fraction of sp³-hybridized carbons (Fsp3) is 0.364. The summed E-state index contributed by atoms with van der Waals surface area (Å²) in [4.78, 5) is 10.7. The van der Waals surface area contributed by atoms with Crippen LogP contribution < -0.4 is 10.1 Å². The Morgan fingerprint density at radius 1 is 1.59 bits per heavy atom. The first kappa shape index (κ1) is 13.8. The molecule has 17 heavy (non-hydrogen) atoms. The van der Waals surface area contributed by atoms with Gasteiger partial charge >= 0.3 is 5.97 Å². The van der Waals surface area contributed by atoms with E-state index in [9.17, 15) is 9.90 Å². The molecule has 1 aromatic carbocycles. The van der Waals surface area contributed by atoms with E-state index in [-0.39, 0.29) is 6.54 Å². The van der Waals surface area contributed by atoms with Gasteiger partial charge in [0.2, 0.25) is 0 Å². The number of halogens is 1. The molecular formula is C11H14BrNO4. The number of aliphatic carboxylic acids is 1. The number of carboxylic acids is 1. The van der Waals surface area contributed by atoms with E-state index in [1.54, 1.807) is 25.3 Å². The average molecular weight is 304 g/mol. The lowest BCUT2D eigenvalue weighted by molar-refractivity contribution is -0.155. The molecule has 0 heterocycles. The summed E-state index contributed by atoms with van der Waals surface area (Å²) in [5, 5.41) is 21.1. The van der Waals surface area contributed by atoms with Crippen molar-refractivity contribution < 1.29 is 19.7 Å². The van der Waals surface area contributed by atoms with Gasteiger partial charge in [-0.05, 0) is 41.1 Å². The van der Waals surface area contributed by atoms with Gasteiger partial charge in [-0.2, -0.15) is 0 Å². The van der Waals surface area contributed by atoms with Crippen LogP contribution in [0.2, 0.25) is 0 Å². The first-order chi connectivity index (χ1) is 7.86. The van der Waals surface area contributed by atoms with Crippen LogP contribution in [-0.2, 0) is 4.79 Å². The van der Waals surface area contributed by atoms with E-state index in [1.165, 1.54) is 6.92 Å². The fourth-order valence-corrected chi connectivity index (χ4v) is 1.67. The molecule has 0 saturated heterocycles. The molecule has 0 aliphatic carbocycles. The number of hydrogen-bond donors (Lipinski definition) is 3. The van der Waals surface area contributed by atoms with Crippen LogP contribution in [0.3, 0.4) is 0 Å². The molecule has 1 unspecified atom stereocenters. The first-order valence-electron chi connectivity index (χ1n) is 4.90. The second-order valence-electron chi connectivity index (χ2n) is 3.78. The van der Waals surface area contributed by atoms with Crippen molar-refractivity contribution in [1.29, 1.82) is 0 Å². The molecule has 0 aliphatic rings. The molecule has 0 aromatic heterocycles. The minimum Gasteiger partial charge on any atom is -0.496 e. The zero-order chi connectivity index (χ0) is 13.1. The minimum absolute atomic E-state index is 0.0822. The number of hydrogen-bond acceptors (Lipinski definition) is 4. The Bertz CT molecular complexity index is 420. The minimum atomic E-state index is -1.80. The van der Waals surface area contributed by atoms with Crippen LogP contribution in [0.1, 0.15) is 6.92 Å². The van der Waals surface area contributed by atoms with E-state index in [0.29, 0.717) is 11.4 Å². The molecule has 0 aliphatic heterocycles. The quantitative estimate of drug-likeness (QED) is 0.772. The van der Waals surface area contributed by atoms with E-state index in [2.05, 4.69) is 21.2 Å². The summed E-state index contributed by atoms with van der Waals surface area (Å²) >= 11 is 3.31. The van der Waals surface area contributed by atoms with Crippen LogP contribution in [-0.4, -0.2) is 35.4 Å². The molecule has 0 spiro atoms. The van der Waals surface area contributed by atoms with E-state index in [1.807, 2.05) is 0 Å². The number of methoxy groups -OCH3 is 1. The van der Waals surface area contributed by atoms with Gasteiger partial charge in [-0.1, -0.05) is 0 Å². The molecule has 0 fully saturated rings. The lowest BCUT2D eigenvalue weighted by Crippen LogP contribution is -2.41. The number of carbonyl (C=O) groups is 1. The predicted octanol–water partition coefficient (Wildman–Crippen LogP) is 1.71. The molecule has 0 bridgehead atoms. The average Bonchev–Trinajstić information content (AvgIpc) is 2.26. The van der Waals surface area contributed by atoms with Gasteiger partial charge < -0.3 is 20.3 Å². The smallest absolute Gasteiger partial charge is 0.337 e. The SMILES string of the molecule is COc1ccc(NCC(C)(O)C(=O)O)cc1Br. The number of ether oxygens (including phenoxy) is 1. The van der Waals surface area contributed by atoms with E-state index < -0.39 is 11.6 Å². The maximum Gasteiger partial charge on any atom is 0.337 e. The Hall–Kier alpha value is -1.27. The second-order valence-corrected chi connectivity index (χ2v) is 4.64. The third kappa shape index (κ3) is 3.61. The molecule has 94 valence electrons. The Kier molecular flexibility index (Phi) is 4.36. The van der Waals surface area contributed by atoms with E-state index in [4.69, 9.17) is 9.84 Å². The van der Waals surface area contributed by atoms with E-state index in [0.717, 1.165) is 4.47 Å². The highest BCUT2D eigenvalue weighted by atomic mass is 79.9. The maximum atomic E-state index is 10.7. The summed E-state index contributed by atoms with van der Waals surface area (Å²) in [5.41, 5.74) is -1.11. The normalized spacial score (nSPS) is 13.9. The summed E-state index contributed by atoms with van der Waals surface area (Å²) < 4.78 is 5.82. The Labute approximate surface area is 108 Å². The van der Waals surface area contributed by atoms with Crippen molar-refractivity contribution in [2.45, 2.75) is 12.5 Å². The van der Waals surface area contributed by atoms with Gasteiger partial charge in [-0.25, -0.2) is 4.79 Å². The molecule has 1 atom stereocenters. The van der Waals surface area contributed by atoms with Crippen LogP contribution in [0.15, 0.2) is 22.7 Å². The number of benzene rings is 1. The standard InChI is InChI=1S/C11H14BrNO4/c1-11(16,10(14)15)6-13-7-3-4-9(17-2)8(12)5-7/h3-5,13,16H,6H2,1-2H3,(H,14,15). The molecule has 6 heteroatoms. The van der Waals surface area contributed by atoms with E-state index >= 15 is 0 Å². The van der Waals surface area contributed by atoms with Crippen LogP contribution in [0.5, 0.6) is 5.75 Å². The number of anilines is 1. The predicted molar refractivity (Wildman–Crippen MR) is 67.4 cm³/mol. The van der Waals surface area contributed by atoms with Gasteiger partial charge in [-0.3, -0.25) is 0 Å². The van der Waals surface area contributed by atoms with Gasteiger partial charge in [0.15, 0.2) is 5.60 Å². The zero-order valence-corrected chi connectivity index (χ0v) is 11.1. The Morgan fingerprint density at radius 3 is 2.71 bits per heavy atom. The topological polar surface area (TPSA) is 78.8 Å². The largest absolute Gasteiger partial charge is 0.496 e. The Balaban J connectivity index is 2.71. The van der Waals surface area contributed by atoms with Gasteiger partial charge in [0.05, 0.1) is 18.1 Å². The molecule has 3 N–H and O–H groups in total. The highest BCUT2D eigenvalue weighted by molar-refractivity contribution is 9.10. The Morgan fingerprint density at radius 2 is 2.24 bits per heavy atom. The third-order valence-corrected chi connectivity index (χ3v) is 2.87. The highest BCUT2D eigenvalue weighted by Gasteiger charge is 2.29. The van der Waals surface area contributed by atoms with Crippen LogP contribution in [0.25, 0.3) is 0 Å². The first-order valence-corrected chi connectivity index (χ1v) is 5.69. The molecule has 1 rings (SSSR count). The molecule has 0 amide bonds. The van der Waals surface area contributed by atoms with Crippen molar-refractivity contribution in [2.75, 3.05) is 19.0 Å². The molecule has 0 saturated carbocycles. The van der Waals surface area contributed by atoms with Gasteiger partial charge in [0.1, 0.15) is 5.75 Å². The van der Waals surface area contributed by atoms with Gasteiger partial charge in [0, 0.05) is 5.69 Å². The summed E-state index contributed by atoms with van der Waals surface area (Å²) in [6, 6.07) is 5.22. The van der Waals surface area contributed by atoms with Crippen LogP contribution in [0.4, 0.5) is 5.69 Å². The lowest BCUT2D eigenvalue weighted by Gasteiger charge is -2.19. The summed E-state index contributed by atoms with van der Waals surface area (Å²) in [6.07, 6.45) is 0. The van der Waals surface area contributed by atoms with Crippen LogP contribution >= 0.6 is 15.9 Å². The second kappa shape index (κ2) is 5.37. The van der Waals surface area contributed by atoms with Crippen molar-refractivity contribution >= 4 is 27.6 Å². The van der Waals surface area contributed by atoms with Crippen molar-refractivity contribution in [3.8, 4) is 5.75 Å². The molecular weight excluding hydrogens is 290 g/mol. The number of rotatable bonds is 5. The zero-order valence-electron chi connectivity index (χ0n) is 9.53. The van der Waals surface area contributed by atoms with Crippen molar-refractivity contribution in [3.63, 3.8) is 0 Å². The number of aliphatic hydroxyl groups is 1. The van der Waals surface area contributed by atoms with Crippen molar-refractivity contribution in [2.24, 2.45) is 0 Å². The molecule has 1 aromatic rings. The van der Waals surface area contributed by atoms with Crippen LogP contribution in [0, 0.1) is 0 Å².